The quantitative estimate of drug-likeness (QED) is 0.555. The first-order chi connectivity index (χ1) is 15.9. The van der Waals surface area contributed by atoms with Crippen molar-refractivity contribution in [1.82, 2.24) is 14.9 Å². The third-order valence-corrected chi connectivity index (χ3v) is 5.80. The number of aryl methyl sites for hydroxylation is 2. The van der Waals surface area contributed by atoms with Crippen LogP contribution in [0.3, 0.4) is 0 Å². The van der Waals surface area contributed by atoms with Gasteiger partial charge in [0, 0.05) is 30.3 Å². The van der Waals surface area contributed by atoms with Crippen LogP contribution in [0.5, 0.6) is 5.75 Å². The first-order valence-electron chi connectivity index (χ1n) is 11.1. The minimum absolute atomic E-state index is 0.0219. The molecule has 0 saturated carbocycles. The molecule has 7 nitrogen and oxygen atoms in total. The van der Waals surface area contributed by atoms with Gasteiger partial charge in [-0.1, -0.05) is 36.4 Å². The zero-order valence-electron chi connectivity index (χ0n) is 19.2. The molecule has 2 heterocycles. The molecule has 0 aliphatic carbocycles. The Morgan fingerprint density at radius 1 is 1.03 bits per heavy atom. The highest BCUT2D eigenvalue weighted by molar-refractivity contribution is 5.95. The van der Waals surface area contributed by atoms with E-state index in [4.69, 9.17) is 9.72 Å². The maximum absolute atomic E-state index is 12.7. The zero-order valence-corrected chi connectivity index (χ0v) is 19.2. The van der Waals surface area contributed by atoms with Crippen LogP contribution >= 0.6 is 0 Å². The topological polar surface area (TPSA) is 75.6 Å². The van der Waals surface area contributed by atoms with E-state index >= 15 is 0 Å². The number of carbonyl (C=O) groups excluding carboxylic acids is 2. The Balaban J connectivity index is 1.51. The molecule has 170 valence electrons. The van der Waals surface area contributed by atoms with Crippen LogP contribution in [0.2, 0.25) is 0 Å². The normalized spacial score (nSPS) is 12.9. The number of fused-ring (bicyclic) bond motifs is 1. The SMILES string of the molecule is Cc1ccccc1OCCN1C(=O)CCc2c(C)nc(CN(C)C(=O)c3ccccc3)nc21. The van der Waals surface area contributed by atoms with Gasteiger partial charge >= 0.3 is 0 Å². The van der Waals surface area contributed by atoms with E-state index in [-0.39, 0.29) is 18.4 Å². The summed E-state index contributed by atoms with van der Waals surface area (Å²) in [6.07, 6.45) is 1.04. The van der Waals surface area contributed by atoms with Crippen LogP contribution in [-0.4, -0.2) is 46.9 Å². The number of amides is 2. The lowest BCUT2D eigenvalue weighted by Crippen LogP contribution is -2.40. The summed E-state index contributed by atoms with van der Waals surface area (Å²) in [6, 6.07) is 16.9. The second kappa shape index (κ2) is 9.81. The molecule has 7 heteroatoms. The van der Waals surface area contributed by atoms with Gasteiger partial charge in [0.1, 0.15) is 24.0 Å². The molecule has 0 fully saturated rings. The van der Waals surface area contributed by atoms with Crippen LogP contribution in [0.1, 0.15) is 39.4 Å². The molecule has 33 heavy (non-hydrogen) atoms. The fourth-order valence-corrected chi connectivity index (χ4v) is 3.99. The largest absolute Gasteiger partial charge is 0.491 e. The van der Waals surface area contributed by atoms with Crippen LogP contribution in [0.15, 0.2) is 54.6 Å². The van der Waals surface area contributed by atoms with Gasteiger partial charge < -0.3 is 9.64 Å². The first kappa shape index (κ1) is 22.5. The molecule has 0 N–H and O–H groups in total. The molecule has 0 spiro atoms. The molecular formula is C26H28N4O3. The van der Waals surface area contributed by atoms with E-state index in [1.54, 1.807) is 29.0 Å². The summed E-state index contributed by atoms with van der Waals surface area (Å²) in [5.74, 6) is 1.87. The Hall–Kier alpha value is -3.74. The van der Waals surface area contributed by atoms with Crippen LogP contribution < -0.4 is 9.64 Å². The molecule has 0 radical (unpaired) electrons. The summed E-state index contributed by atoms with van der Waals surface area (Å²) in [5.41, 5.74) is 3.48. The van der Waals surface area contributed by atoms with Crippen molar-refractivity contribution in [3.63, 3.8) is 0 Å². The Bertz CT molecular complexity index is 1160. The standard InChI is InChI=1S/C26H28N4O3/c1-18-9-7-8-12-22(18)33-16-15-30-24(31)14-13-21-19(2)27-23(28-25(21)30)17-29(3)26(32)20-10-5-4-6-11-20/h4-12H,13-17H2,1-3H3. The van der Waals surface area contributed by atoms with Gasteiger partial charge in [0.2, 0.25) is 5.91 Å². The number of benzene rings is 2. The van der Waals surface area contributed by atoms with E-state index in [2.05, 4.69) is 4.98 Å². The number of rotatable bonds is 7. The van der Waals surface area contributed by atoms with Gasteiger partial charge in [-0.05, 0) is 44.0 Å². The monoisotopic (exact) mass is 444 g/mol. The minimum Gasteiger partial charge on any atom is -0.491 e. The number of aromatic nitrogens is 2. The van der Waals surface area contributed by atoms with E-state index in [1.165, 1.54) is 0 Å². The average molecular weight is 445 g/mol. The molecule has 3 aromatic rings. The van der Waals surface area contributed by atoms with Crippen LogP contribution in [0, 0.1) is 13.8 Å². The lowest BCUT2D eigenvalue weighted by Gasteiger charge is -2.29. The van der Waals surface area contributed by atoms with E-state index in [0.717, 1.165) is 22.6 Å². The molecule has 2 amide bonds. The van der Waals surface area contributed by atoms with Gasteiger partial charge in [0.05, 0.1) is 13.1 Å². The maximum atomic E-state index is 12.7. The Labute approximate surface area is 194 Å². The second-order valence-electron chi connectivity index (χ2n) is 8.21. The highest BCUT2D eigenvalue weighted by Gasteiger charge is 2.28. The number of nitrogens with zero attached hydrogens (tertiary/aromatic N) is 4. The number of hydrogen-bond acceptors (Lipinski definition) is 5. The van der Waals surface area contributed by atoms with Crippen molar-refractivity contribution in [2.24, 2.45) is 0 Å². The van der Waals surface area contributed by atoms with Gasteiger partial charge in [0.15, 0.2) is 0 Å². The number of para-hydroxylation sites is 1. The predicted molar refractivity (Wildman–Crippen MR) is 126 cm³/mol. The van der Waals surface area contributed by atoms with Crippen LogP contribution in [0.4, 0.5) is 5.82 Å². The lowest BCUT2D eigenvalue weighted by atomic mass is 10.0. The summed E-state index contributed by atoms with van der Waals surface area (Å²) >= 11 is 0. The van der Waals surface area contributed by atoms with Crippen molar-refractivity contribution >= 4 is 17.6 Å². The third kappa shape index (κ3) is 5.03. The molecule has 4 rings (SSSR count). The van der Waals surface area contributed by atoms with Crippen LogP contribution in [0.25, 0.3) is 0 Å². The van der Waals surface area contributed by atoms with Crippen molar-refractivity contribution in [1.29, 1.82) is 0 Å². The van der Waals surface area contributed by atoms with Crippen molar-refractivity contribution in [2.45, 2.75) is 33.2 Å². The molecule has 0 bridgehead atoms. The van der Waals surface area contributed by atoms with E-state index in [1.807, 2.05) is 56.3 Å². The molecular weight excluding hydrogens is 416 g/mol. The summed E-state index contributed by atoms with van der Waals surface area (Å²) in [6.45, 7) is 4.94. The fraction of sp³-hybridized carbons (Fsp3) is 0.308. The van der Waals surface area contributed by atoms with Crippen molar-refractivity contribution < 1.29 is 14.3 Å². The van der Waals surface area contributed by atoms with E-state index in [9.17, 15) is 9.59 Å². The predicted octanol–water partition coefficient (Wildman–Crippen LogP) is 3.72. The molecule has 0 saturated heterocycles. The number of carbonyl (C=O) groups is 2. The number of ether oxygens (including phenoxy) is 1. The lowest BCUT2D eigenvalue weighted by molar-refractivity contribution is -0.119. The Morgan fingerprint density at radius 2 is 1.76 bits per heavy atom. The van der Waals surface area contributed by atoms with Crippen molar-refractivity contribution in [3.8, 4) is 5.75 Å². The fourth-order valence-electron chi connectivity index (χ4n) is 3.99. The van der Waals surface area contributed by atoms with Crippen molar-refractivity contribution in [2.75, 3.05) is 25.1 Å². The summed E-state index contributed by atoms with van der Waals surface area (Å²) in [5, 5.41) is 0. The van der Waals surface area contributed by atoms with E-state index < -0.39 is 0 Å². The number of anilines is 1. The second-order valence-corrected chi connectivity index (χ2v) is 8.21. The van der Waals surface area contributed by atoms with Gasteiger partial charge in [-0.3, -0.25) is 14.5 Å². The van der Waals surface area contributed by atoms with Gasteiger partial charge in [0.25, 0.3) is 5.91 Å². The third-order valence-electron chi connectivity index (χ3n) is 5.80. The van der Waals surface area contributed by atoms with Gasteiger partial charge in [-0.15, -0.1) is 0 Å². The van der Waals surface area contributed by atoms with Crippen molar-refractivity contribution in [3.05, 3.63) is 82.8 Å². The highest BCUT2D eigenvalue weighted by atomic mass is 16.5. The highest BCUT2D eigenvalue weighted by Crippen LogP contribution is 2.28. The minimum atomic E-state index is -0.103. The number of hydrogen-bond donors (Lipinski definition) is 0. The van der Waals surface area contributed by atoms with Gasteiger partial charge in [-0.25, -0.2) is 9.97 Å². The smallest absolute Gasteiger partial charge is 0.254 e. The average Bonchev–Trinajstić information content (AvgIpc) is 2.81. The molecule has 0 unspecified atom stereocenters. The molecule has 2 aromatic carbocycles. The van der Waals surface area contributed by atoms with Gasteiger partial charge in [-0.2, -0.15) is 0 Å². The van der Waals surface area contributed by atoms with Crippen LogP contribution in [-0.2, 0) is 17.8 Å². The first-order valence-corrected chi connectivity index (χ1v) is 11.1. The Morgan fingerprint density at radius 3 is 2.52 bits per heavy atom. The summed E-state index contributed by atoms with van der Waals surface area (Å²) < 4.78 is 5.92. The molecule has 1 aromatic heterocycles. The Kier molecular flexibility index (Phi) is 6.68. The zero-order chi connectivity index (χ0) is 23.4. The van der Waals surface area contributed by atoms with E-state index in [0.29, 0.717) is 43.2 Å². The molecule has 1 aliphatic rings. The summed E-state index contributed by atoms with van der Waals surface area (Å²) in [7, 11) is 1.73. The molecule has 1 aliphatic heterocycles. The maximum Gasteiger partial charge on any atom is 0.254 e. The summed E-state index contributed by atoms with van der Waals surface area (Å²) in [4.78, 5) is 38.1. The molecule has 0 atom stereocenters.